The van der Waals surface area contributed by atoms with Gasteiger partial charge in [-0.05, 0) is 54.7 Å². The van der Waals surface area contributed by atoms with Crippen molar-refractivity contribution in [2.45, 2.75) is 46.1 Å². The summed E-state index contributed by atoms with van der Waals surface area (Å²) in [6.07, 6.45) is 3.12. The lowest BCUT2D eigenvalue weighted by Crippen LogP contribution is -2.19. The maximum Gasteiger partial charge on any atom is 0.285 e. The Balaban J connectivity index is 1.63. The zero-order valence-corrected chi connectivity index (χ0v) is 20.8. The smallest absolute Gasteiger partial charge is 0.285 e. The van der Waals surface area contributed by atoms with Crippen LogP contribution in [0.15, 0.2) is 36.4 Å². The maximum atomic E-state index is 13.6. The first kappa shape index (κ1) is 23.4. The van der Waals surface area contributed by atoms with Crippen LogP contribution in [0.25, 0.3) is 33.8 Å². The highest BCUT2D eigenvalue weighted by Gasteiger charge is 2.29. The molecule has 0 spiro atoms. The third kappa shape index (κ3) is 5.20. The van der Waals surface area contributed by atoms with Crippen LogP contribution in [-0.4, -0.2) is 39.2 Å². The zero-order valence-electron chi connectivity index (χ0n) is 20.0. The molecule has 11 heteroatoms. The Bertz CT molecular complexity index is 1500. The number of aromatic amines is 1. The number of aromatic nitrogens is 5. The fourth-order valence-electron chi connectivity index (χ4n) is 3.90. The molecule has 0 atom stereocenters. The average Bonchev–Trinajstić information content (AvgIpc) is 3.44. The molecule has 0 aliphatic heterocycles. The molecule has 1 aliphatic rings. The van der Waals surface area contributed by atoms with Crippen molar-refractivity contribution in [3.8, 4) is 22.6 Å². The second kappa shape index (κ2) is 8.42. The minimum atomic E-state index is -3.74. The van der Waals surface area contributed by atoms with Crippen LogP contribution < -0.4 is 5.48 Å². The van der Waals surface area contributed by atoms with Gasteiger partial charge in [-0.2, -0.15) is 8.42 Å². The zero-order chi connectivity index (χ0) is 25.0. The fourth-order valence-corrected chi connectivity index (χ4v) is 4.13. The van der Waals surface area contributed by atoms with Gasteiger partial charge in [-0.3, -0.25) is 4.57 Å². The van der Waals surface area contributed by atoms with Gasteiger partial charge in [0.1, 0.15) is 17.2 Å². The van der Waals surface area contributed by atoms with Crippen LogP contribution in [0.3, 0.4) is 0 Å². The number of anilines is 1. The lowest BCUT2D eigenvalue weighted by molar-refractivity contribution is 0.339. The van der Waals surface area contributed by atoms with E-state index in [0.29, 0.717) is 35.0 Å². The molecule has 4 aromatic rings. The molecule has 184 valence electrons. The molecular weight excluding hydrogens is 471 g/mol. The van der Waals surface area contributed by atoms with Crippen molar-refractivity contribution in [3.05, 3.63) is 48.0 Å². The summed E-state index contributed by atoms with van der Waals surface area (Å²) in [5.41, 5.74) is 6.36. The van der Waals surface area contributed by atoms with Crippen molar-refractivity contribution < 1.29 is 17.1 Å². The van der Waals surface area contributed by atoms with Gasteiger partial charge in [-0.1, -0.05) is 20.8 Å². The van der Waals surface area contributed by atoms with Crippen LogP contribution in [0.2, 0.25) is 0 Å². The van der Waals surface area contributed by atoms with Crippen LogP contribution >= 0.6 is 0 Å². The molecule has 1 aliphatic carbocycles. The molecule has 3 heterocycles. The molecule has 0 amide bonds. The largest absolute Gasteiger partial charge is 0.340 e. The van der Waals surface area contributed by atoms with Crippen LogP contribution in [0.5, 0.6) is 0 Å². The Kier molecular flexibility index (Phi) is 5.64. The Morgan fingerprint density at radius 2 is 1.83 bits per heavy atom. The SMILES string of the molecule is CC(C)(C)Cn1c(NOS(C)(=O)=O)nc2ccc(-c3[nH]c(C4CC4)nc3-c3ccc(F)cc3)nc21. The lowest BCUT2D eigenvalue weighted by atomic mass is 9.97. The molecule has 2 N–H and O–H groups in total. The average molecular weight is 499 g/mol. The number of pyridine rings is 1. The van der Waals surface area contributed by atoms with Crippen LogP contribution in [0.1, 0.15) is 45.4 Å². The molecule has 5 rings (SSSR count). The number of fused-ring (bicyclic) bond motifs is 1. The summed E-state index contributed by atoms with van der Waals surface area (Å²) in [7, 11) is -3.74. The molecular formula is C24H27FN6O3S. The van der Waals surface area contributed by atoms with E-state index in [1.165, 1.54) is 12.1 Å². The van der Waals surface area contributed by atoms with E-state index in [0.717, 1.165) is 36.2 Å². The van der Waals surface area contributed by atoms with E-state index in [4.69, 9.17) is 14.3 Å². The van der Waals surface area contributed by atoms with Crippen molar-refractivity contribution in [2.75, 3.05) is 11.7 Å². The van der Waals surface area contributed by atoms with Gasteiger partial charge < -0.3 is 4.98 Å². The van der Waals surface area contributed by atoms with E-state index in [1.54, 1.807) is 16.7 Å². The number of halogens is 1. The number of imidazole rings is 2. The predicted octanol–water partition coefficient (Wildman–Crippen LogP) is 4.85. The van der Waals surface area contributed by atoms with Gasteiger partial charge in [0.05, 0.1) is 23.3 Å². The molecule has 0 unspecified atom stereocenters. The van der Waals surface area contributed by atoms with E-state index in [9.17, 15) is 12.8 Å². The highest BCUT2D eigenvalue weighted by molar-refractivity contribution is 7.86. The maximum absolute atomic E-state index is 13.6. The number of H-pyrrole nitrogens is 1. The first-order chi connectivity index (χ1) is 16.5. The fraction of sp³-hybridized carbons (Fsp3) is 0.375. The number of nitrogens with one attached hydrogen (secondary N) is 2. The summed E-state index contributed by atoms with van der Waals surface area (Å²) < 4.78 is 43.2. The summed E-state index contributed by atoms with van der Waals surface area (Å²) >= 11 is 0. The summed E-state index contributed by atoms with van der Waals surface area (Å²) in [6.45, 7) is 6.70. The molecule has 0 bridgehead atoms. The van der Waals surface area contributed by atoms with Gasteiger partial charge in [0, 0.05) is 18.0 Å². The number of hydrogen-bond donors (Lipinski definition) is 2. The van der Waals surface area contributed by atoms with Crippen molar-refractivity contribution in [3.63, 3.8) is 0 Å². The summed E-state index contributed by atoms with van der Waals surface area (Å²) in [6, 6.07) is 9.92. The first-order valence-corrected chi connectivity index (χ1v) is 13.2. The van der Waals surface area contributed by atoms with Crippen LogP contribution in [0, 0.1) is 11.2 Å². The van der Waals surface area contributed by atoms with E-state index in [-0.39, 0.29) is 17.2 Å². The predicted molar refractivity (Wildman–Crippen MR) is 131 cm³/mol. The van der Waals surface area contributed by atoms with Gasteiger partial charge in [-0.15, -0.1) is 4.28 Å². The minimum Gasteiger partial charge on any atom is -0.340 e. The number of benzene rings is 1. The van der Waals surface area contributed by atoms with E-state index in [2.05, 4.69) is 36.2 Å². The molecule has 9 nitrogen and oxygen atoms in total. The van der Waals surface area contributed by atoms with Crippen LogP contribution in [0.4, 0.5) is 10.3 Å². The second-order valence-electron chi connectivity index (χ2n) is 10.1. The van der Waals surface area contributed by atoms with Gasteiger partial charge >= 0.3 is 0 Å². The molecule has 3 aromatic heterocycles. The molecule has 1 aromatic carbocycles. The number of hydrogen-bond acceptors (Lipinski definition) is 7. The third-order valence-corrected chi connectivity index (χ3v) is 5.96. The standard InChI is InChI=1S/C24H27FN6O3S/c1-24(2,3)13-31-22-18(27-23(31)30-34-35(4,32)33)12-11-17(26-22)20-19(14-7-9-16(25)10-8-14)28-21(29-20)15-5-6-15/h7-12,15H,5-6,13H2,1-4H3,(H,27,30)(H,28,29). The van der Waals surface area contributed by atoms with Gasteiger partial charge in [0.15, 0.2) is 5.65 Å². The summed E-state index contributed by atoms with van der Waals surface area (Å²) in [5.74, 6) is 1.22. The van der Waals surface area contributed by atoms with Crippen molar-refractivity contribution in [1.82, 2.24) is 24.5 Å². The van der Waals surface area contributed by atoms with Crippen LogP contribution in [-0.2, 0) is 20.9 Å². The lowest BCUT2D eigenvalue weighted by Gasteiger charge is -2.20. The van der Waals surface area contributed by atoms with E-state index < -0.39 is 10.1 Å². The number of nitrogens with zero attached hydrogens (tertiary/aromatic N) is 4. The Morgan fingerprint density at radius 1 is 1.11 bits per heavy atom. The number of rotatable bonds is 7. The van der Waals surface area contributed by atoms with E-state index >= 15 is 0 Å². The van der Waals surface area contributed by atoms with Gasteiger partial charge in [0.25, 0.3) is 10.1 Å². The van der Waals surface area contributed by atoms with Gasteiger partial charge in [0.2, 0.25) is 5.95 Å². The Labute approximate surface area is 202 Å². The Morgan fingerprint density at radius 3 is 2.46 bits per heavy atom. The minimum absolute atomic E-state index is 0.154. The first-order valence-electron chi connectivity index (χ1n) is 11.3. The highest BCUT2D eigenvalue weighted by Crippen LogP contribution is 2.41. The monoisotopic (exact) mass is 498 g/mol. The second-order valence-corrected chi connectivity index (χ2v) is 11.7. The topological polar surface area (TPSA) is 115 Å². The molecule has 0 saturated heterocycles. The molecule has 35 heavy (non-hydrogen) atoms. The third-order valence-electron chi connectivity index (χ3n) is 5.57. The molecule has 1 saturated carbocycles. The quantitative estimate of drug-likeness (QED) is 0.350. The summed E-state index contributed by atoms with van der Waals surface area (Å²) in [4.78, 5) is 17.7. The normalized spacial score (nSPS) is 14.5. The molecule has 0 radical (unpaired) electrons. The van der Waals surface area contributed by atoms with Crippen molar-refractivity contribution >= 4 is 27.2 Å². The Hall–Kier alpha value is -3.31. The summed E-state index contributed by atoms with van der Waals surface area (Å²) in [5, 5.41) is 0. The van der Waals surface area contributed by atoms with E-state index in [1.807, 2.05) is 12.1 Å². The highest BCUT2D eigenvalue weighted by atomic mass is 32.2. The van der Waals surface area contributed by atoms with Gasteiger partial charge in [-0.25, -0.2) is 24.8 Å². The van der Waals surface area contributed by atoms with Crippen molar-refractivity contribution in [2.24, 2.45) is 5.41 Å². The molecule has 1 fully saturated rings. The van der Waals surface area contributed by atoms with Crippen molar-refractivity contribution in [1.29, 1.82) is 0 Å².